The summed E-state index contributed by atoms with van der Waals surface area (Å²) < 4.78 is 11.5. The van der Waals surface area contributed by atoms with Gasteiger partial charge >= 0.3 is 12.1 Å². The summed E-state index contributed by atoms with van der Waals surface area (Å²) in [6.07, 6.45) is 2.37. The second kappa shape index (κ2) is 15.0. The first kappa shape index (κ1) is 28.2. The summed E-state index contributed by atoms with van der Waals surface area (Å²) in [5, 5.41) is 18.0. The Morgan fingerprint density at radius 2 is 2.15 bits per heavy atom. The molecule has 1 unspecified atom stereocenters. The lowest BCUT2D eigenvalue weighted by Gasteiger charge is -2.28. The van der Waals surface area contributed by atoms with Crippen molar-refractivity contribution in [3.05, 3.63) is 34.3 Å². The van der Waals surface area contributed by atoms with Crippen LogP contribution in [0, 0.1) is 12.8 Å². The molecule has 0 aliphatic carbocycles. The third-order valence-electron chi connectivity index (χ3n) is 6.14. The van der Waals surface area contributed by atoms with Crippen molar-refractivity contribution in [3.63, 3.8) is 0 Å². The first-order valence-corrected chi connectivity index (χ1v) is 12.3. The van der Waals surface area contributed by atoms with Crippen LogP contribution in [0.3, 0.4) is 0 Å². The van der Waals surface area contributed by atoms with Gasteiger partial charge < -0.3 is 35.4 Å². The number of benzene rings is 1. The van der Waals surface area contributed by atoms with Gasteiger partial charge in [-0.1, -0.05) is 17.7 Å². The van der Waals surface area contributed by atoms with Crippen molar-refractivity contribution in [1.82, 2.24) is 20.9 Å². The highest BCUT2D eigenvalue weighted by Gasteiger charge is 2.21. The monoisotopic (exact) mass is 498 g/mol. The molecular formula is C24H39ClN4O5. The van der Waals surface area contributed by atoms with Gasteiger partial charge in [0.2, 0.25) is 0 Å². The Morgan fingerprint density at radius 1 is 1.35 bits per heavy atom. The van der Waals surface area contributed by atoms with E-state index in [0.29, 0.717) is 30.5 Å². The van der Waals surface area contributed by atoms with Crippen molar-refractivity contribution < 1.29 is 24.2 Å². The van der Waals surface area contributed by atoms with E-state index in [4.69, 9.17) is 26.2 Å². The van der Waals surface area contributed by atoms with E-state index in [1.54, 1.807) is 11.9 Å². The number of hydrogen-bond acceptors (Lipinski definition) is 5. The average Bonchev–Trinajstić information content (AvgIpc) is 2.83. The summed E-state index contributed by atoms with van der Waals surface area (Å²) in [7, 11) is 3.67. The van der Waals surface area contributed by atoms with Crippen LogP contribution in [0.2, 0.25) is 5.02 Å². The third kappa shape index (κ3) is 10.0. The van der Waals surface area contributed by atoms with Gasteiger partial charge in [0.1, 0.15) is 0 Å². The number of nitrogens with zero attached hydrogens (tertiary/aromatic N) is 1. The van der Waals surface area contributed by atoms with Crippen LogP contribution in [-0.4, -0.2) is 81.7 Å². The molecule has 1 aromatic carbocycles. The predicted octanol–water partition coefficient (Wildman–Crippen LogP) is 3.41. The van der Waals surface area contributed by atoms with E-state index >= 15 is 0 Å². The lowest BCUT2D eigenvalue weighted by atomic mass is 9.94. The molecule has 34 heavy (non-hydrogen) atoms. The van der Waals surface area contributed by atoms with Crippen LogP contribution in [0.25, 0.3) is 0 Å². The number of amides is 3. The molecule has 10 heteroatoms. The Balaban J connectivity index is 1.87. The van der Waals surface area contributed by atoms with E-state index in [0.717, 1.165) is 37.2 Å². The van der Waals surface area contributed by atoms with Gasteiger partial charge in [-0.25, -0.2) is 9.59 Å². The standard InChI is InChI=1S/C24H39ClN4O5/c1-17-6-7-19(25)14-21(17)22(34-12-9-27-24(31)32)8-10-29(3)23(30)28-15-20(26-2)13-18-5-4-11-33-16-18/h6-7,14,18,20,22,26-27H,4-5,8-13,15-16H2,1-3H3,(H,28,30)(H,31,32)/t18-,20+,22?/m1/s1. The molecule has 192 valence electrons. The number of carbonyl (C=O) groups excluding carboxylic acids is 1. The SMILES string of the molecule is CN[C@H](CNC(=O)N(C)CCC(OCCNC(=O)O)c1cc(Cl)ccc1C)C[C@H]1CCCOC1. The van der Waals surface area contributed by atoms with Gasteiger partial charge in [-0.15, -0.1) is 0 Å². The molecule has 3 atom stereocenters. The molecule has 9 nitrogen and oxygen atoms in total. The summed E-state index contributed by atoms with van der Waals surface area (Å²) >= 11 is 6.20. The normalized spacial score (nSPS) is 17.6. The molecule has 0 radical (unpaired) electrons. The Morgan fingerprint density at radius 3 is 2.82 bits per heavy atom. The third-order valence-corrected chi connectivity index (χ3v) is 6.37. The Kier molecular flexibility index (Phi) is 12.5. The number of halogens is 1. The van der Waals surface area contributed by atoms with Crippen molar-refractivity contribution in [3.8, 4) is 0 Å². The zero-order valence-corrected chi connectivity index (χ0v) is 21.2. The number of carbonyl (C=O) groups is 2. The number of aryl methyl sites for hydroxylation is 1. The predicted molar refractivity (Wildman–Crippen MR) is 133 cm³/mol. The largest absolute Gasteiger partial charge is 0.465 e. The summed E-state index contributed by atoms with van der Waals surface area (Å²) in [6, 6.07) is 5.65. The quantitative estimate of drug-likeness (QED) is 0.310. The van der Waals surface area contributed by atoms with Gasteiger partial charge in [0.05, 0.1) is 12.7 Å². The first-order valence-electron chi connectivity index (χ1n) is 11.9. The van der Waals surface area contributed by atoms with Gasteiger partial charge in [-0.2, -0.15) is 0 Å². The van der Waals surface area contributed by atoms with E-state index in [1.807, 2.05) is 32.2 Å². The van der Waals surface area contributed by atoms with E-state index in [2.05, 4.69) is 16.0 Å². The van der Waals surface area contributed by atoms with Crippen LogP contribution in [-0.2, 0) is 9.47 Å². The van der Waals surface area contributed by atoms with Gasteiger partial charge in [-0.3, -0.25) is 0 Å². The van der Waals surface area contributed by atoms with Crippen molar-refractivity contribution in [2.75, 3.05) is 53.6 Å². The lowest BCUT2D eigenvalue weighted by molar-refractivity contribution is 0.0437. The molecule has 1 saturated heterocycles. The molecule has 1 aromatic rings. The fourth-order valence-corrected chi connectivity index (χ4v) is 4.28. The Bertz CT molecular complexity index is 776. The molecule has 0 saturated carbocycles. The number of nitrogens with one attached hydrogen (secondary N) is 3. The maximum absolute atomic E-state index is 12.7. The Hall–Kier alpha value is -2.07. The van der Waals surface area contributed by atoms with Gasteiger partial charge in [0.15, 0.2) is 0 Å². The lowest BCUT2D eigenvalue weighted by Crippen LogP contribution is -2.45. The average molecular weight is 499 g/mol. The number of hydrogen-bond donors (Lipinski definition) is 4. The fraction of sp³-hybridized carbons (Fsp3) is 0.667. The van der Waals surface area contributed by atoms with Gasteiger partial charge in [0, 0.05) is 51.0 Å². The number of likely N-dealkylation sites (N-methyl/N-ethyl adjacent to an activating group) is 1. The second-order valence-electron chi connectivity index (χ2n) is 8.79. The smallest absolute Gasteiger partial charge is 0.404 e. The summed E-state index contributed by atoms with van der Waals surface area (Å²) in [6.45, 7) is 5.02. The van der Waals surface area contributed by atoms with E-state index in [1.165, 1.54) is 6.42 Å². The molecule has 0 bridgehead atoms. The zero-order chi connectivity index (χ0) is 24.9. The van der Waals surface area contributed by atoms with Gasteiger partial charge in [-0.05, 0) is 68.8 Å². The number of rotatable bonds is 13. The number of urea groups is 1. The van der Waals surface area contributed by atoms with Crippen molar-refractivity contribution in [2.24, 2.45) is 5.92 Å². The van der Waals surface area contributed by atoms with E-state index in [-0.39, 0.29) is 31.3 Å². The maximum atomic E-state index is 12.7. The molecule has 2 rings (SSSR count). The van der Waals surface area contributed by atoms with Crippen LogP contribution in [0.5, 0.6) is 0 Å². The van der Waals surface area contributed by atoms with Crippen molar-refractivity contribution >= 4 is 23.7 Å². The summed E-state index contributed by atoms with van der Waals surface area (Å²) in [5.74, 6) is 0.523. The number of carboxylic acid groups (broad SMARTS) is 1. The van der Waals surface area contributed by atoms with Gasteiger partial charge in [0.25, 0.3) is 0 Å². The molecule has 3 amide bonds. The molecule has 1 fully saturated rings. The molecule has 1 heterocycles. The second-order valence-corrected chi connectivity index (χ2v) is 9.23. The fourth-order valence-electron chi connectivity index (χ4n) is 4.10. The van der Waals surface area contributed by atoms with Crippen LogP contribution in [0.1, 0.15) is 42.9 Å². The van der Waals surface area contributed by atoms with Crippen molar-refractivity contribution in [1.29, 1.82) is 0 Å². The topological polar surface area (TPSA) is 112 Å². The minimum atomic E-state index is -1.09. The Labute approximate surface area is 207 Å². The molecule has 4 N–H and O–H groups in total. The molecule has 1 aliphatic rings. The summed E-state index contributed by atoms with van der Waals surface area (Å²) in [4.78, 5) is 25.0. The van der Waals surface area contributed by atoms with E-state index < -0.39 is 6.09 Å². The molecular weight excluding hydrogens is 460 g/mol. The highest BCUT2D eigenvalue weighted by Crippen LogP contribution is 2.27. The minimum Gasteiger partial charge on any atom is -0.465 e. The highest BCUT2D eigenvalue weighted by atomic mass is 35.5. The van der Waals surface area contributed by atoms with Crippen LogP contribution >= 0.6 is 11.6 Å². The van der Waals surface area contributed by atoms with Crippen LogP contribution in [0.4, 0.5) is 9.59 Å². The van der Waals surface area contributed by atoms with Crippen LogP contribution < -0.4 is 16.0 Å². The van der Waals surface area contributed by atoms with Crippen LogP contribution in [0.15, 0.2) is 18.2 Å². The minimum absolute atomic E-state index is 0.144. The molecule has 0 spiro atoms. The number of ether oxygens (including phenoxy) is 2. The maximum Gasteiger partial charge on any atom is 0.404 e. The van der Waals surface area contributed by atoms with Crippen molar-refractivity contribution in [2.45, 2.75) is 44.8 Å². The molecule has 1 aliphatic heterocycles. The highest BCUT2D eigenvalue weighted by molar-refractivity contribution is 6.30. The molecule has 0 aromatic heterocycles. The zero-order valence-electron chi connectivity index (χ0n) is 20.4. The first-order chi connectivity index (χ1) is 16.3. The van der Waals surface area contributed by atoms with E-state index in [9.17, 15) is 9.59 Å². The summed E-state index contributed by atoms with van der Waals surface area (Å²) in [5.41, 5.74) is 1.96.